The molecule has 0 spiro atoms. The number of hydrogen-bond acceptors (Lipinski definition) is 7. The molecule has 2 N–H and O–H groups in total. The summed E-state index contributed by atoms with van der Waals surface area (Å²) in [6, 6.07) is 3.50. The summed E-state index contributed by atoms with van der Waals surface area (Å²) in [5, 5.41) is 20.0. The first-order valence-corrected chi connectivity index (χ1v) is 9.07. The Morgan fingerprint density at radius 1 is 1.27 bits per heavy atom. The van der Waals surface area contributed by atoms with E-state index in [9.17, 15) is 28.2 Å². The first-order chi connectivity index (χ1) is 14.2. The standard InChI is InChI=1S/C19H17F3N4O4/c20-19(21,22)10-25-4-6-26(7-5-25)17-14(18(28)29)15(27)13(30-17)8-11-9-24-16-12(11)2-1-3-23-16/h1-3,8-9,27H,4-7,10H2,(H,28,29). The van der Waals surface area contributed by atoms with E-state index in [1.807, 2.05) is 0 Å². The van der Waals surface area contributed by atoms with E-state index in [-0.39, 0.29) is 37.8 Å². The predicted molar refractivity (Wildman–Crippen MR) is 102 cm³/mol. The summed E-state index contributed by atoms with van der Waals surface area (Å²) in [4.78, 5) is 22.7. The van der Waals surface area contributed by atoms with Crippen molar-refractivity contribution in [3.63, 3.8) is 0 Å². The van der Waals surface area contributed by atoms with Crippen molar-refractivity contribution < 1.29 is 32.6 Å². The van der Waals surface area contributed by atoms with E-state index in [0.717, 1.165) is 0 Å². The number of rotatable bonds is 4. The number of fused-ring (bicyclic) bond motifs is 1. The minimum absolute atomic E-state index is 0.0710. The largest absolute Gasteiger partial charge is 0.504 e. The van der Waals surface area contributed by atoms with Crippen molar-refractivity contribution in [1.29, 1.82) is 0 Å². The Morgan fingerprint density at radius 2 is 2.00 bits per heavy atom. The molecule has 0 aromatic carbocycles. The Bertz CT molecular complexity index is 1040. The monoisotopic (exact) mass is 422 g/mol. The Morgan fingerprint density at radius 3 is 2.67 bits per heavy atom. The molecule has 0 saturated carbocycles. The number of pyridine rings is 1. The van der Waals surface area contributed by atoms with Crippen molar-refractivity contribution in [3.8, 4) is 5.75 Å². The number of aromatic hydroxyl groups is 1. The molecule has 2 aromatic rings. The quantitative estimate of drug-likeness (QED) is 0.781. The number of anilines is 1. The average Bonchev–Trinajstić information content (AvgIpc) is 3.23. The second kappa shape index (κ2) is 7.48. The first kappa shape index (κ1) is 20.0. The molecule has 8 nitrogen and oxygen atoms in total. The van der Waals surface area contributed by atoms with Gasteiger partial charge in [-0.25, -0.2) is 14.8 Å². The zero-order valence-corrected chi connectivity index (χ0v) is 15.6. The maximum absolute atomic E-state index is 12.6. The number of piperazine rings is 1. The van der Waals surface area contributed by atoms with Crippen LogP contribution in [0.5, 0.6) is 5.75 Å². The van der Waals surface area contributed by atoms with Gasteiger partial charge in [-0.15, -0.1) is 0 Å². The van der Waals surface area contributed by atoms with Gasteiger partial charge < -0.3 is 19.5 Å². The Kier molecular flexibility index (Phi) is 4.98. The first-order valence-electron chi connectivity index (χ1n) is 9.07. The van der Waals surface area contributed by atoms with Gasteiger partial charge in [-0.1, -0.05) is 0 Å². The molecule has 30 heavy (non-hydrogen) atoms. The summed E-state index contributed by atoms with van der Waals surface area (Å²) >= 11 is 0. The number of aromatic nitrogens is 1. The number of aliphatic imine (C=N–C) groups is 1. The van der Waals surface area contributed by atoms with Crippen LogP contribution >= 0.6 is 0 Å². The number of carboxylic acid groups (broad SMARTS) is 1. The van der Waals surface area contributed by atoms with E-state index in [1.165, 1.54) is 22.1 Å². The summed E-state index contributed by atoms with van der Waals surface area (Å²) in [5.74, 6) is -1.60. The highest BCUT2D eigenvalue weighted by Gasteiger charge is 2.34. The van der Waals surface area contributed by atoms with Crippen molar-refractivity contribution in [2.45, 2.75) is 6.18 Å². The van der Waals surface area contributed by atoms with Gasteiger partial charge in [-0.05, 0) is 18.2 Å². The second-order valence-corrected chi connectivity index (χ2v) is 6.91. The fourth-order valence-corrected chi connectivity index (χ4v) is 3.49. The molecule has 0 amide bonds. The molecule has 158 valence electrons. The topological polar surface area (TPSA) is 102 Å². The third-order valence-electron chi connectivity index (χ3n) is 4.88. The summed E-state index contributed by atoms with van der Waals surface area (Å²) in [6.45, 7) is -0.592. The summed E-state index contributed by atoms with van der Waals surface area (Å²) in [7, 11) is 0. The molecule has 4 heterocycles. The van der Waals surface area contributed by atoms with E-state index in [0.29, 0.717) is 17.0 Å². The number of furan rings is 1. The maximum Gasteiger partial charge on any atom is 0.401 e. The van der Waals surface area contributed by atoms with Crippen molar-refractivity contribution in [2.24, 2.45) is 4.99 Å². The Balaban J connectivity index is 1.61. The third kappa shape index (κ3) is 3.88. The molecule has 0 atom stereocenters. The number of alkyl halides is 3. The van der Waals surface area contributed by atoms with Crippen LogP contribution in [0.4, 0.5) is 24.9 Å². The van der Waals surface area contributed by atoms with Crippen molar-refractivity contribution in [3.05, 3.63) is 35.2 Å². The van der Waals surface area contributed by atoms with Crippen molar-refractivity contribution >= 4 is 35.5 Å². The number of nitrogens with zero attached hydrogens (tertiary/aromatic N) is 4. The zero-order chi connectivity index (χ0) is 21.5. The Labute approximate surface area is 168 Å². The highest BCUT2D eigenvalue weighted by atomic mass is 19.4. The van der Waals surface area contributed by atoms with E-state index >= 15 is 0 Å². The molecule has 2 aliphatic heterocycles. The molecule has 2 aromatic heterocycles. The average molecular weight is 422 g/mol. The van der Waals surface area contributed by atoms with Gasteiger partial charge in [-0.2, -0.15) is 13.2 Å². The Hall–Kier alpha value is -3.34. The van der Waals surface area contributed by atoms with Gasteiger partial charge >= 0.3 is 12.1 Å². The van der Waals surface area contributed by atoms with Crippen LogP contribution in [0.25, 0.3) is 11.6 Å². The predicted octanol–water partition coefficient (Wildman–Crippen LogP) is 3.02. The number of carbonyl (C=O) groups is 1. The summed E-state index contributed by atoms with van der Waals surface area (Å²) < 4.78 is 43.4. The van der Waals surface area contributed by atoms with E-state index in [4.69, 9.17) is 4.42 Å². The van der Waals surface area contributed by atoms with Crippen LogP contribution in [0.2, 0.25) is 0 Å². The normalized spacial score (nSPS) is 18.2. The van der Waals surface area contributed by atoms with E-state index in [2.05, 4.69) is 9.98 Å². The molecule has 1 fully saturated rings. The van der Waals surface area contributed by atoms with Crippen LogP contribution in [-0.4, -0.2) is 71.2 Å². The third-order valence-corrected chi connectivity index (χ3v) is 4.88. The lowest BCUT2D eigenvalue weighted by Crippen LogP contribution is -2.49. The van der Waals surface area contributed by atoms with Gasteiger partial charge in [0.25, 0.3) is 0 Å². The highest BCUT2D eigenvalue weighted by molar-refractivity contribution is 6.21. The van der Waals surface area contributed by atoms with Crippen LogP contribution in [-0.2, 0) is 0 Å². The lowest BCUT2D eigenvalue weighted by Gasteiger charge is -2.35. The van der Waals surface area contributed by atoms with Gasteiger partial charge in [0.1, 0.15) is 0 Å². The van der Waals surface area contributed by atoms with E-state index in [1.54, 1.807) is 18.3 Å². The van der Waals surface area contributed by atoms with Crippen LogP contribution in [0.15, 0.2) is 27.7 Å². The van der Waals surface area contributed by atoms with Gasteiger partial charge in [0, 0.05) is 49.7 Å². The second-order valence-electron chi connectivity index (χ2n) is 6.91. The lowest BCUT2D eigenvalue weighted by atomic mass is 10.1. The molecule has 1 saturated heterocycles. The van der Waals surface area contributed by atoms with Crippen LogP contribution in [0.1, 0.15) is 21.7 Å². The smallest absolute Gasteiger partial charge is 0.401 e. The molecular formula is C19H17F3N4O4. The minimum Gasteiger partial charge on any atom is -0.504 e. The SMILES string of the molecule is O=C(O)c1c(N2CCN(CC(F)(F)F)CC2)oc(C=C2C=Nc3ncccc32)c1O. The molecule has 0 aliphatic carbocycles. The van der Waals surface area contributed by atoms with Gasteiger partial charge in [0.15, 0.2) is 22.9 Å². The molecular weight excluding hydrogens is 405 g/mol. The number of hydrogen-bond donors (Lipinski definition) is 2. The number of allylic oxidation sites excluding steroid dienone is 1. The fourth-order valence-electron chi connectivity index (χ4n) is 3.49. The fraction of sp³-hybridized carbons (Fsp3) is 0.316. The van der Waals surface area contributed by atoms with E-state index < -0.39 is 30.0 Å². The number of aromatic carboxylic acids is 1. The van der Waals surface area contributed by atoms with Gasteiger partial charge in [0.05, 0.1) is 6.54 Å². The summed E-state index contributed by atoms with van der Waals surface area (Å²) in [6.07, 6.45) is 0.269. The number of halogens is 3. The maximum atomic E-state index is 12.6. The van der Waals surface area contributed by atoms with Crippen LogP contribution in [0, 0.1) is 0 Å². The molecule has 0 unspecified atom stereocenters. The molecule has 0 bridgehead atoms. The molecule has 0 radical (unpaired) electrons. The van der Waals surface area contributed by atoms with Crippen molar-refractivity contribution in [1.82, 2.24) is 9.88 Å². The highest BCUT2D eigenvalue weighted by Crippen LogP contribution is 2.39. The summed E-state index contributed by atoms with van der Waals surface area (Å²) in [5.41, 5.74) is 0.862. The molecule has 4 rings (SSSR count). The molecule has 11 heteroatoms. The lowest BCUT2D eigenvalue weighted by molar-refractivity contribution is -0.146. The van der Waals surface area contributed by atoms with Crippen LogP contribution < -0.4 is 4.90 Å². The minimum atomic E-state index is -4.30. The molecule has 2 aliphatic rings. The number of carboxylic acids is 1. The van der Waals surface area contributed by atoms with Crippen LogP contribution in [0.3, 0.4) is 0 Å². The zero-order valence-electron chi connectivity index (χ0n) is 15.6. The van der Waals surface area contributed by atoms with Gasteiger partial charge in [0.2, 0.25) is 5.88 Å². The van der Waals surface area contributed by atoms with Gasteiger partial charge in [-0.3, -0.25) is 4.90 Å². The van der Waals surface area contributed by atoms with Crippen molar-refractivity contribution in [2.75, 3.05) is 37.6 Å².